The fourth-order valence-electron chi connectivity index (χ4n) is 0.769. The zero-order valence-electron chi connectivity index (χ0n) is 6.88. The van der Waals surface area contributed by atoms with E-state index in [1.54, 1.807) is 30.3 Å². The van der Waals surface area contributed by atoms with E-state index in [0.717, 1.165) is 0 Å². The molecule has 0 amide bonds. The Morgan fingerprint density at radius 1 is 1.46 bits per heavy atom. The van der Waals surface area contributed by atoms with Gasteiger partial charge in [-0.3, -0.25) is 0 Å². The topological polar surface area (TPSA) is 84.6 Å². The van der Waals surface area contributed by atoms with Gasteiger partial charge < -0.3 is 9.63 Å². The lowest BCUT2D eigenvalue weighted by molar-refractivity contribution is 0.281. The maximum absolute atomic E-state index is 11.3. The highest BCUT2D eigenvalue weighted by Gasteiger charge is 2.16. The van der Waals surface area contributed by atoms with Crippen molar-refractivity contribution in [3.63, 3.8) is 0 Å². The Morgan fingerprint density at radius 3 is 2.62 bits per heavy atom. The van der Waals surface area contributed by atoms with Gasteiger partial charge in [0.15, 0.2) is 0 Å². The Labute approximate surface area is 76.1 Å². The first-order valence-electron chi connectivity index (χ1n) is 3.63. The van der Waals surface area contributed by atoms with Crippen LogP contribution in [0.5, 0.6) is 5.75 Å². The van der Waals surface area contributed by atoms with E-state index in [2.05, 4.69) is 5.09 Å². The molecule has 1 unspecified atom stereocenters. The van der Waals surface area contributed by atoms with Gasteiger partial charge in [0.05, 0.1) is 0 Å². The Bertz CT molecular complexity index is 304. The molecule has 0 bridgehead atoms. The molecule has 1 rings (SSSR count). The molecule has 4 N–H and O–H groups in total. The lowest BCUT2D eigenvalue weighted by Crippen LogP contribution is -2.20. The molecule has 5 nitrogen and oxygen atoms in total. The van der Waals surface area contributed by atoms with Crippen LogP contribution in [-0.4, -0.2) is 11.8 Å². The predicted octanol–water partition coefficient (Wildman–Crippen LogP) is 0.672. The first kappa shape index (κ1) is 10.2. The van der Waals surface area contributed by atoms with Crippen LogP contribution in [0, 0.1) is 0 Å². The maximum Gasteiger partial charge on any atom is 0.389 e. The Morgan fingerprint density at radius 2 is 2.08 bits per heavy atom. The molecule has 1 aromatic rings. The average Bonchev–Trinajstić information content (AvgIpc) is 2.04. The molecule has 0 aliphatic heterocycles. The summed E-state index contributed by atoms with van der Waals surface area (Å²) in [6, 6.07) is 8.51. The fraction of sp³-hybridized carbons (Fsp3) is 0.143. The van der Waals surface area contributed by atoms with Gasteiger partial charge in [-0.15, -0.1) is 0 Å². The highest BCUT2D eigenvalue weighted by molar-refractivity contribution is 7.54. The molecular weight excluding hydrogens is 191 g/mol. The molecule has 0 aromatic heterocycles. The number of aliphatic hydroxyl groups is 1. The van der Waals surface area contributed by atoms with Crippen molar-refractivity contribution in [2.45, 2.75) is 0 Å². The van der Waals surface area contributed by atoms with Crippen LogP contribution in [0.1, 0.15) is 0 Å². The number of hydrogen-bond acceptors (Lipinski definition) is 3. The van der Waals surface area contributed by atoms with Crippen LogP contribution in [0.25, 0.3) is 0 Å². The van der Waals surface area contributed by atoms with Crippen LogP contribution in [0.3, 0.4) is 0 Å². The minimum atomic E-state index is -3.41. The first-order chi connectivity index (χ1) is 6.14. The van der Waals surface area contributed by atoms with Gasteiger partial charge in [0.25, 0.3) is 0 Å². The van der Waals surface area contributed by atoms with E-state index >= 15 is 0 Å². The van der Waals surface area contributed by atoms with Crippen molar-refractivity contribution >= 4 is 7.67 Å². The lowest BCUT2D eigenvalue weighted by atomic mass is 10.3. The molecule has 0 heterocycles. The summed E-state index contributed by atoms with van der Waals surface area (Å²) in [4.78, 5) is 0. The zero-order chi connectivity index (χ0) is 9.73. The van der Waals surface area contributed by atoms with Crippen LogP contribution in [-0.2, 0) is 4.57 Å². The van der Waals surface area contributed by atoms with Crippen LogP contribution >= 0.6 is 7.67 Å². The summed E-state index contributed by atoms with van der Waals surface area (Å²) in [7, 11) is -3.41. The van der Waals surface area contributed by atoms with Crippen LogP contribution in [0.4, 0.5) is 0 Å². The van der Waals surface area contributed by atoms with E-state index in [4.69, 9.17) is 15.1 Å². The van der Waals surface area contributed by atoms with Gasteiger partial charge >= 0.3 is 7.67 Å². The molecule has 1 aromatic carbocycles. The number of rotatable bonds is 4. The average molecular weight is 202 g/mol. The minimum Gasteiger partial charge on any atom is -0.422 e. The molecule has 13 heavy (non-hydrogen) atoms. The summed E-state index contributed by atoms with van der Waals surface area (Å²) in [5, 5.41) is 10.6. The molecule has 0 aliphatic rings. The summed E-state index contributed by atoms with van der Waals surface area (Å²) in [6.07, 6.45) is 0. The van der Waals surface area contributed by atoms with Gasteiger partial charge in [-0.2, -0.15) is 5.09 Å². The maximum atomic E-state index is 11.3. The largest absolute Gasteiger partial charge is 0.422 e. The monoisotopic (exact) mass is 202 g/mol. The van der Waals surface area contributed by atoms with Gasteiger partial charge in [-0.05, 0) is 12.1 Å². The number of nitrogens with one attached hydrogen (secondary N) is 1. The van der Waals surface area contributed by atoms with Crippen molar-refractivity contribution in [3.05, 3.63) is 30.3 Å². The lowest BCUT2D eigenvalue weighted by Gasteiger charge is -2.13. The quantitative estimate of drug-likeness (QED) is 0.493. The van der Waals surface area contributed by atoms with E-state index in [0.29, 0.717) is 5.75 Å². The molecule has 0 fully saturated rings. The molecule has 0 radical (unpaired) electrons. The molecule has 0 saturated carbocycles. The zero-order valence-corrected chi connectivity index (χ0v) is 7.78. The number of para-hydroxylation sites is 1. The van der Waals surface area contributed by atoms with Gasteiger partial charge in [0.2, 0.25) is 0 Å². The highest BCUT2D eigenvalue weighted by atomic mass is 31.2. The van der Waals surface area contributed by atoms with Crippen LogP contribution in [0.15, 0.2) is 30.3 Å². The molecule has 0 spiro atoms. The van der Waals surface area contributed by atoms with Crippen molar-refractivity contribution in [2.75, 3.05) is 6.73 Å². The molecule has 0 aliphatic carbocycles. The smallest absolute Gasteiger partial charge is 0.389 e. The molecule has 1 atom stereocenters. The van der Waals surface area contributed by atoms with Gasteiger partial charge in [-0.25, -0.2) is 10.1 Å². The van der Waals surface area contributed by atoms with Crippen molar-refractivity contribution in [1.82, 2.24) is 5.09 Å². The molecule has 72 valence electrons. The third-order valence-corrected chi connectivity index (χ3v) is 2.34. The summed E-state index contributed by atoms with van der Waals surface area (Å²) in [5.41, 5.74) is 5.22. The van der Waals surface area contributed by atoms with Crippen LogP contribution in [0.2, 0.25) is 0 Å². The summed E-state index contributed by atoms with van der Waals surface area (Å²) in [5.74, 6) is 0.397. The number of nitrogens with two attached hydrogens (primary N) is 1. The minimum absolute atomic E-state index is 0.397. The second-order valence-electron chi connectivity index (χ2n) is 2.32. The summed E-state index contributed by atoms with van der Waals surface area (Å²) < 4.78 is 16.2. The van der Waals surface area contributed by atoms with Crippen molar-refractivity contribution in [3.8, 4) is 5.75 Å². The van der Waals surface area contributed by atoms with E-state index in [1.807, 2.05) is 0 Å². The Hall–Kier alpha value is -0.870. The highest BCUT2D eigenvalue weighted by Crippen LogP contribution is 2.33. The molecular formula is C7H11N2O3P. The van der Waals surface area contributed by atoms with Crippen molar-refractivity contribution in [1.29, 1.82) is 0 Å². The molecule has 6 heteroatoms. The van der Waals surface area contributed by atoms with E-state index in [9.17, 15) is 4.57 Å². The third kappa shape index (κ3) is 3.57. The summed E-state index contributed by atoms with van der Waals surface area (Å²) >= 11 is 0. The second kappa shape index (κ2) is 4.39. The second-order valence-corrected chi connectivity index (χ2v) is 4.01. The third-order valence-electron chi connectivity index (χ3n) is 1.28. The van der Waals surface area contributed by atoms with Gasteiger partial charge in [-0.1, -0.05) is 18.2 Å². The number of aliphatic hydroxyl groups excluding tert-OH is 1. The van der Waals surface area contributed by atoms with E-state index < -0.39 is 14.4 Å². The van der Waals surface area contributed by atoms with Gasteiger partial charge in [0.1, 0.15) is 12.5 Å². The molecule has 0 saturated heterocycles. The van der Waals surface area contributed by atoms with Crippen molar-refractivity contribution < 1.29 is 14.2 Å². The standard InChI is InChI=1S/C7H11N2O3P/c8-13(11,9-6-10)12-7-4-2-1-3-5-7/h1-5,10H,6H2,(H3,8,9,11). The normalized spacial score (nSPS) is 14.9. The Kier molecular flexibility index (Phi) is 3.45. The summed E-state index contributed by atoms with van der Waals surface area (Å²) in [6.45, 7) is -0.486. The van der Waals surface area contributed by atoms with E-state index in [1.165, 1.54) is 0 Å². The fourth-order valence-corrected chi connectivity index (χ4v) is 1.47. The number of hydrogen-bond donors (Lipinski definition) is 3. The first-order valence-corrected chi connectivity index (χ1v) is 5.33. The Balaban J connectivity index is 2.64. The van der Waals surface area contributed by atoms with Gasteiger partial charge in [0, 0.05) is 0 Å². The van der Waals surface area contributed by atoms with E-state index in [-0.39, 0.29) is 0 Å². The SMILES string of the molecule is NP(=O)(NCO)Oc1ccccc1. The number of benzene rings is 1. The predicted molar refractivity (Wildman–Crippen MR) is 49.1 cm³/mol. The van der Waals surface area contributed by atoms with Crippen molar-refractivity contribution in [2.24, 2.45) is 5.50 Å². The van der Waals surface area contributed by atoms with Crippen LogP contribution < -0.4 is 15.1 Å².